The lowest BCUT2D eigenvalue weighted by Gasteiger charge is -2.45. The molecule has 22 nitrogen and oxygen atoms in total. The number of esters is 1. The van der Waals surface area contributed by atoms with Crippen molar-refractivity contribution in [3.63, 3.8) is 0 Å². The van der Waals surface area contributed by atoms with E-state index in [1.54, 1.807) is 48.1 Å². The number of Topliss-reactive ketones (excluding diaryl/α,β-unsaturated/α-hetero) is 3. The van der Waals surface area contributed by atoms with Crippen molar-refractivity contribution in [3.8, 4) is 17.2 Å². The van der Waals surface area contributed by atoms with Crippen LogP contribution < -0.4 is 25.1 Å². The largest absolute Gasteiger partial charge is 0.507 e. The van der Waals surface area contributed by atoms with Crippen molar-refractivity contribution in [3.05, 3.63) is 104 Å². The number of aliphatic hydroxyl groups excluding tert-OH is 2. The number of ether oxygens (including phenoxy) is 5. The number of likely N-dealkylation sites (tertiary alicyclic amines) is 1. The molecule has 10 rings (SSSR count). The maximum absolute atomic E-state index is 16.2. The third kappa shape index (κ3) is 10.2. The van der Waals surface area contributed by atoms with Gasteiger partial charge in [-0.2, -0.15) is 0 Å². The number of piperazine rings is 1. The predicted molar refractivity (Wildman–Crippen MR) is 292 cm³/mol. The lowest BCUT2D eigenvalue weighted by molar-refractivity contribution is -0.160. The van der Waals surface area contributed by atoms with E-state index in [2.05, 4.69) is 5.32 Å². The van der Waals surface area contributed by atoms with E-state index in [0.717, 1.165) is 25.2 Å². The number of benzene rings is 2. The third-order valence-electron chi connectivity index (χ3n) is 17.0. The first-order valence-corrected chi connectivity index (χ1v) is 27.3. The quantitative estimate of drug-likeness (QED) is 0.190. The summed E-state index contributed by atoms with van der Waals surface area (Å²) < 4.78 is 47.3. The number of allylic oxidation sites excluding steroid dienone is 4. The number of carboxylic acid groups (broad SMARTS) is 1. The van der Waals surface area contributed by atoms with Crippen LogP contribution in [-0.2, 0) is 28.6 Å². The minimum Gasteiger partial charge on any atom is -0.507 e. The molecule has 2 aliphatic carbocycles. The molecule has 82 heavy (non-hydrogen) atoms. The molecule has 5 aliphatic heterocycles. The van der Waals surface area contributed by atoms with Crippen molar-refractivity contribution in [1.29, 1.82) is 0 Å². The number of methoxy groups -OCH3 is 2. The highest BCUT2D eigenvalue weighted by Crippen LogP contribution is 2.50. The maximum atomic E-state index is 16.2. The second-order valence-electron chi connectivity index (χ2n) is 22.4. The number of nitrogens with zero attached hydrogens (tertiary/aromatic N) is 4. The number of carbonyl (C=O) groups is 7. The molecule has 1 saturated carbocycles. The Bertz CT molecular complexity index is 3400. The van der Waals surface area contributed by atoms with E-state index in [1.165, 1.54) is 71.2 Å². The number of carbonyl (C=O) groups excluding carboxylic acids is 6. The Morgan fingerprint density at radius 1 is 0.866 bits per heavy atom. The van der Waals surface area contributed by atoms with Crippen LogP contribution in [-0.4, -0.2) is 160 Å². The van der Waals surface area contributed by atoms with E-state index in [1.807, 2.05) is 0 Å². The van der Waals surface area contributed by atoms with Gasteiger partial charge < -0.3 is 68.7 Å². The molecule has 5 bridgehead atoms. The topological polar surface area (TPSA) is 290 Å². The van der Waals surface area contributed by atoms with Gasteiger partial charge in [-0.25, -0.2) is 9.18 Å². The number of nitrogens with one attached hydrogen (secondary N) is 1. The van der Waals surface area contributed by atoms with Crippen molar-refractivity contribution in [1.82, 2.24) is 19.7 Å². The van der Waals surface area contributed by atoms with E-state index >= 15 is 9.18 Å². The van der Waals surface area contributed by atoms with Crippen molar-refractivity contribution in [2.75, 3.05) is 58.4 Å². The van der Waals surface area contributed by atoms with Gasteiger partial charge in [0.1, 0.15) is 40.2 Å². The van der Waals surface area contributed by atoms with Gasteiger partial charge in [-0.05, 0) is 38.8 Å². The molecule has 438 valence electrons. The Balaban J connectivity index is 1.02. The fraction of sp³-hybridized carbons (Fsp3) is 0.492. The fourth-order valence-electron chi connectivity index (χ4n) is 11.9. The number of anilines is 1. The van der Waals surface area contributed by atoms with Crippen molar-refractivity contribution in [2.45, 2.75) is 104 Å². The number of phenolic OH excluding ortho intramolecular Hbond substituents is 1. The van der Waals surface area contributed by atoms with E-state index in [4.69, 9.17) is 23.7 Å². The monoisotopic (exact) mass is 1140 g/mol. The Morgan fingerprint density at radius 3 is 2.15 bits per heavy atom. The highest BCUT2D eigenvalue weighted by Gasteiger charge is 2.54. The molecular formula is C59H68FN5O17. The minimum atomic E-state index is -2.20. The number of ketones is 3. The summed E-state index contributed by atoms with van der Waals surface area (Å²) in [5, 5.41) is 47.1. The second kappa shape index (κ2) is 22.5. The Morgan fingerprint density at radius 2 is 1.54 bits per heavy atom. The average molecular weight is 1140 g/mol. The smallest absolute Gasteiger partial charge is 0.341 e. The van der Waals surface area contributed by atoms with Gasteiger partial charge in [-0.3, -0.25) is 33.6 Å². The normalized spacial score (nSPS) is 27.5. The molecule has 1 aromatic heterocycles. The number of aromatic hydroxyl groups is 1. The van der Waals surface area contributed by atoms with E-state index in [9.17, 15) is 54.0 Å². The van der Waals surface area contributed by atoms with Crippen LogP contribution in [0.15, 0.2) is 64.6 Å². The molecule has 9 atom stereocenters. The van der Waals surface area contributed by atoms with Crippen LogP contribution in [0.1, 0.15) is 114 Å². The number of carboxylic acids is 1. The summed E-state index contributed by atoms with van der Waals surface area (Å²) in [5.41, 5.74) is -3.41. The first-order chi connectivity index (χ1) is 38.8. The van der Waals surface area contributed by atoms with Crippen LogP contribution >= 0.6 is 0 Å². The number of amides is 2. The highest BCUT2D eigenvalue weighted by atomic mass is 19.1. The van der Waals surface area contributed by atoms with Crippen LogP contribution in [0.3, 0.4) is 0 Å². The Labute approximate surface area is 471 Å². The molecule has 0 radical (unpaired) electrons. The number of aliphatic hydroxyl groups is 2. The fourth-order valence-corrected chi connectivity index (χ4v) is 11.9. The van der Waals surface area contributed by atoms with Crippen molar-refractivity contribution < 1.29 is 82.1 Å². The van der Waals surface area contributed by atoms with Gasteiger partial charge in [0, 0.05) is 107 Å². The SMILES string of the molecule is COc1c(N2CCN(C(=O)C3CN(C4=C5NC(=O)C(C)=CC=C[C@H](C)[C@H](O)[C@@H](C)[C@@H](O)[C@@H](C)[C@H](OC(C)=O)[C@H](C)[C@@H](OC)C=CO[C@@]6(C)Oc7c(C)c(O)c(c(c7C6=O)C4=O)C5=O)C3)CC2)c(F)cc2c(=O)c(C(=O)O)cn(C3CC3)c12. The summed E-state index contributed by atoms with van der Waals surface area (Å²) in [6.07, 6.45) is 5.61. The van der Waals surface area contributed by atoms with Crippen molar-refractivity contribution in [2.24, 2.45) is 29.6 Å². The van der Waals surface area contributed by atoms with E-state index in [-0.39, 0.29) is 102 Å². The maximum Gasteiger partial charge on any atom is 0.341 e. The zero-order chi connectivity index (χ0) is 59.7. The number of aromatic nitrogens is 1. The molecule has 3 aromatic rings. The number of fused-ring (bicyclic) bond motifs is 15. The molecule has 6 heterocycles. The van der Waals surface area contributed by atoms with Gasteiger partial charge in [-0.15, -0.1) is 0 Å². The molecule has 0 unspecified atom stereocenters. The van der Waals surface area contributed by atoms with Gasteiger partial charge in [0.25, 0.3) is 11.7 Å². The van der Waals surface area contributed by atoms with Gasteiger partial charge in [0.05, 0.1) is 65.2 Å². The molecule has 0 spiro atoms. The molecule has 2 amide bonds. The van der Waals surface area contributed by atoms with Crippen LogP contribution in [0.2, 0.25) is 0 Å². The summed E-state index contributed by atoms with van der Waals surface area (Å²) in [6, 6.07) is 0.908. The summed E-state index contributed by atoms with van der Waals surface area (Å²) in [5.74, 6) is -13.6. The number of hydrogen-bond acceptors (Lipinski definition) is 18. The predicted octanol–water partition coefficient (Wildman–Crippen LogP) is 4.73. The summed E-state index contributed by atoms with van der Waals surface area (Å²) in [6.45, 7) is 12.3. The van der Waals surface area contributed by atoms with Crippen LogP contribution in [0.4, 0.5) is 10.1 Å². The molecule has 2 saturated heterocycles. The number of aromatic carboxylic acids is 1. The Hall–Kier alpha value is -7.89. The number of phenols is 1. The van der Waals surface area contributed by atoms with Crippen LogP contribution in [0, 0.1) is 42.3 Å². The number of hydrogen-bond donors (Lipinski definition) is 5. The van der Waals surface area contributed by atoms with E-state index in [0.29, 0.717) is 0 Å². The number of rotatable bonds is 8. The average Bonchev–Trinajstić information content (AvgIpc) is 4.42. The van der Waals surface area contributed by atoms with Gasteiger partial charge in [0.15, 0.2) is 11.6 Å². The second-order valence-corrected chi connectivity index (χ2v) is 22.4. The summed E-state index contributed by atoms with van der Waals surface area (Å²) in [7, 11) is 2.73. The molecule has 23 heteroatoms. The first kappa shape index (κ1) is 58.8. The summed E-state index contributed by atoms with van der Waals surface area (Å²) >= 11 is 0. The summed E-state index contributed by atoms with van der Waals surface area (Å²) in [4.78, 5) is 116. The molecule has 3 fully saturated rings. The lowest BCUT2D eigenvalue weighted by atomic mass is 9.78. The first-order valence-electron chi connectivity index (χ1n) is 27.3. The third-order valence-corrected chi connectivity index (χ3v) is 17.0. The standard InChI is InChI=1S/C59H68FN5O17/c1-26-12-11-13-27(2)56(74)61-42-45(64-23-33(24-64)57(75)63-19-17-62(18-20-63)44-37(60)22-35-43(54(44)79-10)65(34-14-15-34)25-36(49(35)70)58(76)77)51(72)39-40(50(42)71)48(69)31(6)53-41(39)55(73)59(8,82-53)80-21-16-38(78-9)28(3)52(81-32(7)66)30(5)47(68)29(4)46(26)67/h11-13,16,21-22,25-26,28-30,33-34,38,46-47,52,67-69H,14-15,17-20,23-24H2,1-10H3,(H,61,74)(H,76,77)/t26-,28+,29+,30+,38-,46-,47+,52+,59-/m0/s1. The highest BCUT2D eigenvalue weighted by molar-refractivity contribution is 6.32. The zero-order valence-electron chi connectivity index (χ0n) is 47.2. The van der Waals surface area contributed by atoms with Gasteiger partial charge in [0.2, 0.25) is 22.9 Å². The molecule has 2 aromatic carbocycles. The number of halogens is 1. The molecule has 5 N–H and O–H groups in total. The van der Waals surface area contributed by atoms with Gasteiger partial charge in [-0.1, -0.05) is 45.9 Å². The van der Waals surface area contributed by atoms with Gasteiger partial charge >= 0.3 is 17.7 Å². The molecule has 7 aliphatic rings. The van der Waals surface area contributed by atoms with Crippen LogP contribution in [0.25, 0.3) is 10.9 Å². The lowest BCUT2D eigenvalue weighted by Crippen LogP contribution is -2.59. The number of pyridine rings is 1. The zero-order valence-corrected chi connectivity index (χ0v) is 47.2. The molecular weight excluding hydrogens is 1070 g/mol. The van der Waals surface area contributed by atoms with Crippen molar-refractivity contribution >= 4 is 57.7 Å². The minimum absolute atomic E-state index is 0.0402. The van der Waals surface area contributed by atoms with E-state index < -0.39 is 134 Å². The Kier molecular flexibility index (Phi) is 16.1. The van der Waals surface area contributed by atoms with Crippen LogP contribution in [0.5, 0.6) is 17.2 Å².